The second-order valence-electron chi connectivity index (χ2n) is 4.25. The van der Waals surface area contributed by atoms with Crippen LogP contribution in [-0.2, 0) is 16.6 Å². The quantitative estimate of drug-likeness (QED) is 0.739. The van der Waals surface area contributed by atoms with Crippen molar-refractivity contribution in [1.82, 2.24) is 20.5 Å². The number of nitrogens with one attached hydrogen (secondary N) is 3. The molecule has 2 heterocycles. The second-order valence-corrected chi connectivity index (χ2v) is 5.87. The van der Waals surface area contributed by atoms with Gasteiger partial charge in [-0.2, -0.15) is 13.5 Å². The van der Waals surface area contributed by atoms with Crippen molar-refractivity contribution in [2.45, 2.75) is 25.4 Å². The van der Waals surface area contributed by atoms with Gasteiger partial charge in [0.05, 0.1) is 17.6 Å². The maximum atomic E-state index is 12.4. The lowest BCUT2D eigenvalue weighted by atomic mass is 10.3. The van der Waals surface area contributed by atoms with Gasteiger partial charge in [0.1, 0.15) is 0 Å². The molecule has 3 N–H and O–H groups in total. The number of hydrogen-bond donors (Lipinski definition) is 3. The zero-order chi connectivity index (χ0) is 14.6. The number of hydrogen-bond acceptors (Lipinski definition) is 5. The molecule has 0 aliphatic carbocycles. The molecular formula is C12H17N5O2S. The molecule has 0 bridgehead atoms. The van der Waals surface area contributed by atoms with Crippen molar-refractivity contribution in [3.8, 4) is 0 Å². The molecule has 0 aromatic carbocycles. The predicted octanol–water partition coefficient (Wildman–Crippen LogP) is 1.02. The maximum absolute atomic E-state index is 12.4. The lowest BCUT2D eigenvalue weighted by Crippen LogP contribution is -2.19. The van der Waals surface area contributed by atoms with Gasteiger partial charge in [0.25, 0.3) is 10.0 Å². The van der Waals surface area contributed by atoms with E-state index < -0.39 is 10.0 Å². The van der Waals surface area contributed by atoms with Gasteiger partial charge in [0.2, 0.25) is 0 Å². The van der Waals surface area contributed by atoms with Crippen LogP contribution in [0.25, 0.3) is 0 Å². The van der Waals surface area contributed by atoms with Gasteiger partial charge in [0, 0.05) is 18.3 Å². The van der Waals surface area contributed by atoms with E-state index in [1.54, 1.807) is 25.3 Å². The molecule has 7 nitrogen and oxygen atoms in total. The fourth-order valence-electron chi connectivity index (χ4n) is 1.71. The number of aromatic nitrogens is 3. The predicted molar refractivity (Wildman–Crippen MR) is 75.8 cm³/mol. The number of pyridine rings is 1. The molecule has 2 rings (SSSR count). The summed E-state index contributed by atoms with van der Waals surface area (Å²) in [5, 5.41) is 9.48. The number of H-pyrrole nitrogens is 1. The Morgan fingerprint density at radius 3 is 2.90 bits per heavy atom. The van der Waals surface area contributed by atoms with E-state index >= 15 is 0 Å². The van der Waals surface area contributed by atoms with Crippen LogP contribution in [0.2, 0.25) is 0 Å². The topological polar surface area (TPSA) is 99.8 Å². The van der Waals surface area contributed by atoms with Crippen molar-refractivity contribution in [1.29, 1.82) is 0 Å². The Labute approximate surface area is 117 Å². The molecule has 0 saturated heterocycles. The highest BCUT2D eigenvalue weighted by molar-refractivity contribution is 7.92. The molecule has 0 amide bonds. The van der Waals surface area contributed by atoms with Crippen molar-refractivity contribution >= 4 is 15.7 Å². The normalized spacial score (nSPS) is 11.5. The second kappa shape index (κ2) is 6.02. The number of sulfonamides is 1. The summed E-state index contributed by atoms with van der Waals surface area (Å²) in [6.45, 7) is 4.88. The van der Waals surface area contributed by atoms with E-state index in [4.69, 9.17) is 0 Å². The van der Waals surface area contributed by atoms with Gasteiger partial charge in [-0.25, -0.2) is 0 Å². The average Bonchev–Trinajstić information content (AvgIpc) is 2.88. The highest BCUT2D eigenvalue weighted by Gasteiger charge is 2.21. The number of rotatable bonds is 6. The van der Waals surface area contributed by atoms with Gasteiger partial charge in [-0.05, 0) is 25.6 Å². The molecule has 20 heavy (non-hydrogen) atoms. The third-order valence-electron chi connectivity index (χ3n) is 2.76. The zero-order valence-electron chi connectivity index (χ0n) is 11.3. The molecular weight excluding hydrogens is 278 g/mol. The smallest absolute Gasteiger partial charge is 0.279 e. The first kappa shape index (κ1) is 14.5. The lowest BCUT2D eigenvalue weighted by molar-refractivity contribution is 0.594. The number of aromatic amines is 1. The van der Waals surface area contributed by atoms with Gasteiger partial charge < -0.3 is 5.32 Å². The Kier molecular flexibility index (Phi) is 4.35. The summed E-state index contributed by atoms with van der Waals surface area (Å²) in [4.78, 5) is 4.05. The van der Waals surface area contributed by atoms with Crippen LogP contribution >= 0.6 is 0 Å². The molecule has 0 unspecified atom stereocenters. The summed E-state index contributed by atoms with van der Waals surface area (Å²) < 4.78 is 27.2. The van der Waals surface area contributed by atoms with E-state index in [-0.39, 0.29) is 5.03 Å². The van der Waals surface area contributed by atoms with Crippen LogP contribution in [-0.4, -0.2) is 30.1 Å². The molecule has 0 aliphatic rings. The Morgan fingerprint density at radius 1 is 1.40 bits per heavy atom. The van der Waals surface area contributed by atoms with Gasteiger partial charge in [-0.3, -0.25) is 14.8 Å². The van der Waals surface area contributed by atoms with Crippen molar-refractivity contribution in [2.75, 3.05) is 11.3 Å². The highest BCUT2D eigenvalue weighted by atomic mass is 32.2. The molecule has 0 fully saturated rings. The molecule has 8 heteroatoms. The summed E-state index contributed by atoms with van der Waals surface area (Å²) in [5.74, 6) is 0. The highest BCUT2D eigenvalue weighted by Crippen LogP contribution is 2.18. The van der Waals surface area contributed by atoms with Crippen LogP contribution in [0.15, 0.2) is 29.6 Å². The number of nitrogens with zero attached hydrogens (tertiary/aromatic N) is 2. The first-order valence-corrected chi connectivity index (χ1v) is 7.70. The van der Waals surface area contributed by atoms with Crippen LogP contribution in [0.1, 0.15) is 18.2 Å². The molecule has 0 saturated carbocycles. The zero-order valence-corrected chi connectivity index (χ0v) is 12.2. The molecule has 2 aromatic heterocycles. The minimum atomic E-state index is -3.70. The van der Waals surface area contributed by atoms with Crippen LogP contribution in [0.3, 0.4) is 0 Å². The maximum Gasteiger partial charge on any atom is 0.279 e. The van der Waals surface area contributed by atoms with Crippen molar-refractivity contribution < 1.29 is 8.42 Å². The SMILES string of the molecule is CCNCc1cn[nH]c1S(=O)(=O)Nc1cccnc1C. The van der Waals surface area contributed by atoms with Gasteiger partial charge in [-0.15, -0.1) is 0 Å². The van der Waals surface area contributed by atoms with Crippen molar-refractivity contribution in [2.24, 2.45) is 0 Å². The minimum absolute atomic E-state index is 0.0710. The lowest BCUT2D eigenvalue weighted by Gasteiger charge is -2.10. The summed E-state index contributed by atoms with van der Waals surface area (Å²) >= 11 is 0. The van der Waals surface area contributed by atoms with Crippen LogP contribution in [0.4, 0.5) is 5.69 Å². The third-order valence-corrected chi connectivity index (χ3v) is 4.14. The Bertz CT molecular complexity index is 681. The van der Waals surface area contributed by atoms with Crippen LogP contribution in [0.5, 0.6) is 0 Å². The first-order chi connectivity index (χ1) is 9.54. The van der Waals surface area contributed by atoms with E-state index in [9.17, 15) is 8.42 Å². The van der Waals surface area contributed by atoms with Crippen LogP contribution < -0.4 is 10.0 Å². The fraction of sp³-hybridized carbons (Fsp3) is 0.333. The minimum Gasteiger partial charge on any atom is -0.313 e. The van der Waals surface area contributed by atoms with E-state index in [0.29, 0.717) is 23.5 Å². The van der Waals surface area contributed by atoms with Gasteiger partial charge in [0.15, 0.2) is 5.03 Å². The summed E-state index contributed by atoms with van der Waals surface area (Å²) in [5.41, 5.74) is 1.67. The van der Waals surface area contributed by atoms with E-state index in [1.807, 2.05) is 6.92 Å². The average molecular weight is 295 g/mol. The van der Waals surface area contributed by atoms with Crippen LogP contribution in [0, 0.1) is 6.92 Å². The van der Waals surface area contributed by atoms with Gasteiger partial charge in [-0.1, -0.05) is 6.92 Å². The van der Waals surface area contributed by atoms with E-state index in [2.05, 4.69) is 25.2 Å². The number of aryl methyl sites for hydroxylation is 1. The summed E-state index contributed by atoms with van der Waals surface area (Å²) in [7, 11) is -3.70. The standard InChI is InChI=1S/C12H17N5O2S/c1-3-13-7-10-8-15-16-12(10)20(18,19)17-11-5-4-6-14-9(11)2/h4-6,8,13,17H,3,7H2,1-2H3,(H,15,16). The van der Waals surface area contributed by atoms with Gasteiger partial charge >= 0.3 is 0 Å². The summed E-state index contributed by atoms with van der Waals surface area (Å²) in [6.07, 6.45) is 3.12. The van der Waals surface area contributed by atoms with Crippen molar-refractivity contribution in [3.63, 3.8) is 0 Å². The molecule has 108 valence electrons. The molecule has 0 radical (unpaired) electrons. The van der Waals surface area contributed by atoms with Crippen molar-refractivity contribution in [3.05, 3.63) is 35.8 Å². The first-order valence-electron chi connectivity index (χ1n) is 6.22. The fourth-order valence-corrected chi connectivity index (χ4v) is 2.96. The third kappa shape index (κ3) is 3.14. The Balaban J connectivity index is 2.27. The monoisotopic (exact) mass is 295 g/mol. The van der Waals surface area contributed by atoms with E-state index in [1.165, 1.54) is 6.20 Å². The molecule has 0 spiro atoms. The largest absolute Gasteiger partial charge is 0.313 e. The summed E-state index contributed by atoms with van der Waals surface area (Å²) in [6, 6.07) is 3.34. The Morgan fingerprint density at radius 2 is 2.20 bits per heavy atom. The number of anilines is 1. The van der Waals surface area contributed by atoms with E-state index in [0.717, 1.165) is 6.54 Å². The molecule has 0 aliphatic heterocycles. The molecule has 0 atom stereocenters. The Hall–Kier alpha value is -1.93. The molecule has 2 aromatic rings.